The van der Waals surface area contributed by atoms with E-state index in [2.05, 4.69) is 50.9 Å². The number of allylic oxidation sites excluding steroid dienone is 4. The summed E-state index contributed by atoms with van der Waals surface area (Å²) < 4.78 is 0. The van der Waals surface area contributed by atoms with Crippen LogP contribution >= 0.6 is 0 Å². The number of nitrogens with zero attached hydrogens (tertiary/aromatic N) is 1. The Morgan fingerprint density at radius 3 is 2.00 bits per heavy atom. The van der Waals surface area contributed by atoms with Crippen LogP contribution in [0.5, 0.6) is 0 Å². The fraction of sp³-hybridized carbons (Fsp3) is 0.583. The summed E-state index contributed by atoms with van der Waals surface area (Å²) in [5, 5.41) is 0. The van der Waals surface area contributed by atoms with Crippen LogP contribution in [0.15, 0.2) is 28.8 Å². The van der Waals surface area contributed by atoms with Crippen LogP contribution in [0.4, 0.5) is 0 Å². The lowest BCUT2D eigenvalue weighted by Gasteiger charge is -2.18. The van der Waals surface area contributed by atoms with E-state index in [1.807, 2.05) is 14.0 Å². The highest BCUT2D eigenvalue weighted by molar-refractivity contribution is 5.99. The zero-order valence-electron chi connectivity index (χ0n) is 9.68. The van der Waals surface area contributed by atoms with E-state index in [-0.39, 0.29) is 5.41 Å². The van der Waals surface area contributed by atoms with E-state index in [0.717, 1.165) is 5.71 Å². The summed E-state index contributed by atoms with van der Waals surface area (Å²) in [6.07, 6.45) is 6.29. The Morgan fingerprint density at radius 1 is 1.15 bits per heavy atom. The van der Waals surface area contributed by atoms with E-state index >= 15 is 0 Å². The monoisotopic (exact) mass is 179 g/mol. The topological polar surface area (TPSA) is 12.4 Å². The zero-order valence-corrected chi connectivity index (χ0v) is 9.68. The number of rotatable bonds is 2. The molecule has 1 nitrogen and oxygen atoms in total. The average molecular weight is 179 g/mol. The Labute approximate surface area is 82.3 Å². The van der Waals surface area contributed by atoms with Gasteiger partial charge in [-0.2, -0.15) is 0 Å². The van der Waals surface area contributed by atoms with E-state index in [0.29, 0.717) is 0 Å². The normalized spacial score (nSPS) is 15.5. The molecule has 0 spiro atoms. The molecule has 0 aromatic heterocycles. The smallest absolute Gasteiger partial charge is 0.0398 e. The van der Waals surface area contributed by atoms with Crippen LogP contribution in [0, 0.1) is 5.41 Å². The molecule has 0 saturated carbocycles. The molecular formula is C12H21N. The van der Waals surface area contributed by atoms with Crippen LogP contribution in [0.2, 0.25) is 0 Å². The minimum atomic E-state index is 0.138. The molecule has 0 aliphatic carbocycles. The predicted octanol–water partition coefficient (Wildman–Crippen LogP) is 3.63. The van der Waals surface area contributed by atoms with Gasteiger partial charge >= 0.3 is 0 Å². The molecule has 0 heterocycles. The molecule has 0 N–H and O–H groups in total. The molecule has 0 aromatic carbocycles. The lowest BCUT2D eigenvalue weighted by atomic mass is 9.89. The van der Waals surface area contributed by atoms with Crippen LogP contribution < -0.4 is 0 Å². The third kappa shape index (κ3) is 4.66. The Bertz CT molecular complexity index is 236. The van der Waals surface area contributed by atoms with Crippen molar-refractivity contribution in [1.82, 2.24) is 0 Å². The Hall–Kier alpha value is -0.850. The SMILES string of the molecule is C/C=C(C)\C=C/C(=NC)C(C)(C)C. The fourth-order valence-electron chi connectivity index (χ4n) is 0.967. The molecule has 1 heteroatoms. The fourth-order valence-corrected chi connectivity index (χ4v) is 0.967. The van der Waals surface area contributed by atoms with Gasteiger partial charge in [0.15, 0.2) is 0 Å². The van der Waals surface area contributed by atoms with Crippen molar-refractivity contribution in [3.05, 3.63) is 23.8 Å². The molecule has 0 fully saturated rings. The second-order valence-corrected chi connectivity index (χ2v) is 4.22. The summed E-state index contributed by atoms with van der Waals surface area (Å²) in [5.41, 5.74) is 2.54. The maximum Gasteiger partial charge on any atom is 0.0398 e. The summed E-state index contributed by atoms with van der Waals surface area (Å²) in [6.45, 7) is 10.6. The number of hydrogen-bond acceptors (Lipinski definition) is 1. The molecular weight excluding hydrogens is 158 g/mol. The van der Waals surface area contributed by atoms with Crippen molar-refractivity contribution < 1.29 is 0 Å². The molecule has 0 amide bonds. The van der Waals surface area contributed by atoms with Gasteiger partial charge in [-0.05, 0) is 19.9 Å². The third-order valence-corrected chi connectivity index (χ3v) is 1.97. The lowest BCUT2D eigenvalue weighted by molar-refractivity contribution is 0.593. The minimum absolute atomic E-state index is 0.138. The van der Waals surface area contributed by atoms with Crippen molar-refractivity contribution in [1.29, 1.82) is 0 Å². The Balaban J connectivity index is 4.60. The van der Waals surface area contributed by atoms with E-state index in [9.17, 15) is 0 Å². The van der Waals surface area contributed by atoms with Gasteiger partial charge in [-0.15, -0.1) is 0 Å². The first-order valence-electron chi connectivity index (χ1n) is 4.70. The molecule has 74 valence electrons. The van der Waals surface area contributed by atoms with Gasteiger partial charge in [0, 0.05) is 18.2 Å². The van der Waals surface area contributed by atoms with Crippen molar-refractivity contribution in [3.63, 3.8) is 0 Å². The Kier molecular flexibility index (Phi) is 4.68. The molecule has 0 bridgehead atoms. The van der Waals surface area contributed by atoms with Crippen molar-refractivity contribution in [2.24, 2.45) is 10.4 Å². The summed E-state index contributed by atoms with van der Waals surface area (Å²) in [6, 6.07) is 0. The Morgan fingerprint density at radius 2 is 1.69 bits per heavy atom. The first kappa shape index (κ1) is 12.2. The second kappa shape index (κ2) is 5.00. The molecule has 0 aromatic rings. The highest BCUT2D eigenvalue weighted by Gasteiger charge is 2.14. The quantitative estimate of drug-likeness (QED) is 0.453. The molecule has 13 heavy (non-hydrogen) atoms. The van der Waals surface area contributed by atoms with Crippen molar-refractivity contribution in [2.45, 2.75) is 34.6 Å². The van der Waals surface area contributed by atoms with Crippen LogP contribution in [-0.4, -0.2) is 12.8 Å². The predicted molar refractivity (Wildman–Crippen MR) is 61.4 cm³/mol. The van der Waals surface area contributed by atoms with Gasteiger partial charge in [-0.1, -0.05) is 38.5 Å². The van der Waals surface area contributed by atoms with Gasteiger partial charge in [0.25, 0.3) is 0 Å². The molecule has 0 aliphatic rings. The van der Waals surface area contributed by atoms with E-state index in [4.69, 9.17) is 0 Å². The van der Waals surface area contributed by atoms with Gasteiger partial charge in [0.2, 0.25) is 0 Å². The maximum atomic E-state index is 4.27. The van der Waals surface area contributed by atoms with E-state index < -0.39 is 0 Å². The second-order valence-electron chi connectivity index (χ2n) is 4.22. The molecule has 0 radical (unpaired) electrons. The minimum Gasteiger partial charge on any atom is -0.293 e. The molecule has 0 rings (SSSR count). The van der Waals surface area contributed by atoms with Gasteiger partial charge < -0.3 is 0 Å². The summed E-state index contributed by atoms with van der Waals surface area (Å²) in [5.74, 6) is 0. The van der Waals surface area contributed by atoms with Gasteiger partial charge in [0.1, 0.15) is 0 Å². The van der Waals surface area contributed by atoms with Crippen LogP contribution in [0.25, 0.3) is 0 Å². The molecule has 0 unspecified atom stereocenters. The highest BCUT2D eigenvalue weighted by atomic mass is 14.7. The van der Waals surface area contributed by atoms with Gasteiger partial charge in [-0.25, -0.2) is 0 Å². The van der Waals surface area contributed by atoms with Crippen molar-refractivity contribution in [2.75, 3.05) is 7.05 Å². The largest absolute Gasteiger partial charge is 0.293 e. The molecule has 0 saturated heterocycles. The number of hydrogen-bond donors (Lipinski definition) is 0. The lowest BCUT2D eigenvalue weighted by Crippen LogP contribution is -2.17. The van der Waals surface area contributed by atoms with Crippen LogP contribution in [0.1, 0.15) is 34.6 Å². The summed E-state index contributed by atoms with van der Waals surface area (Å²) >= 11 is 0. The highest BCUT2D eigenvalue weighted by Crippen LogP contribution is 2.17. The van der Waals surface area contributed by atoms with Crippen molar-refractivity contribution in [3.8, 4) is 0 Å². The molecule has 0 aliphatic heterocycles. The van der Waals surface area contributed by atoms with Crippen LogP contribution in [0.3, 0.4) is 0 Å². The third-order valence-electron chi connectivity index (χ3n) is 1.97. The molecule has 0 atom stereocenters. The summed E-state index contributed by atoms with van der Waals surface area (Å²) in [4.78, 5) is 4.27. The number of aliphatic imine (C=N–C) groups is 1. The first-order chi connectivity index (χ1) is 5.91. The average Bonchev–Trinajstić information content (AvgIpc) is 2.02. The maximum absolute atomic E-state index is 4.27. The van der Waals surface area contributed by atoms with E-state index in [1.165, 1.54) is 5.57 Å². The first-order valence-corrected chi connectivity index (χ1v) is 4.70. The zero-order chi connectivity index (χ0) is 10.5. The van der Waals surface area contributed by atoms with Crippen LogP contribution in [-0.2, 0) is 0 Å². The standard InChI is InChI=1S/C12H21N/c1-7-10(2)8-9-11(13-6)12(3,4)5/h7-9H,1-6H3/b9-8-,10-7-,13-11?. The van der Waals surface area contributed by atoms with E-state index in [1.54, 1.807) is 0 Å². The van der Waals surface area contributed by atoms with Gasteiger partial charge in [0.05, 0.1) is 0 Å². The van der Waals surface area contributed by atoms with Gasteiger partial charge in [-0.3, -0.25) is 4.99 Å². The van der Waals surface area contributed by atoms with Crippen molar-refractivity contribution >= 4 is 5.71 Å². The summed E-state index contributed by atoms with van der Waals surface area (Å²) in [7, 11) is 1.84.